The number of carbonyl (C=O) groups excluding carboxylic acids is 2. The summed E-state index contributed by atoms with van der Waals surface area (Å²) in [5.74, 6) is -1.39. The molecule has 4 aliphatic heterocycles. The van der Waals surface area contributed by atoms with E-state index in [-0.39, 0.29) is 0 Å². The second kappa shape index (κ2) is 18.0. The largest absolute Gasteiger partial charge is 0.394 e. The lowest BCUT2D eigenvalue weighted by Crippen LogP contribution is -2.70. The van der Waals surface area contributed by atoms with Gasteiger partial charge in [0.15, 0.2) is 25.2 Å². The van der Waals surface area contributed by atoms with Gasteiger partial charge in [0.05, 0.1) is 26.4 Å². The van der Waals surface area contributed by atoms with Gasteiger partial charge in [-0.05, 0) is 0 Å². The molecule has 51 heavy (non-hydrogen) atoms. The van der Waals surface area contributed by atoms with Crippen LogP contribution < -0.4 is 10.6 Å². The minimum Gasteiger partial charge on any atom is -0.394 e. The van der Waals surface area contributed by atoms with Crippen molar-refractivity contribution in [1.29, 1.82) is 0 Å². The highest BCUT2D eigenvalue weighted by Gasteiger charge is 2.54. The molecule has 0 spiro atoms. The van der Waals surface area contributed by atoms with Crippen LogP contribution in [0.15, 0.2) is 0 Å². The molecule has 0 saturated carbocycles. The molecule has 4 aliphatic rings. The van der Waals surface area contributed by atoms with Crippen LogP contribution >= 0.6 is 0 Å². The molecule has 2 amide bonds. The third-order valence-electron chi connectivity index (χ3n) is 8.99. The molecule has 2 unspecified atom stereocenters. The van der Waals surface area contributed by atoms with Crippen molar-refractivity contribution >= 4 is 11.8 Å². The first-order chi connectivity index (χ1) is 24.0. The Morgan fingerprint density at radius 2 is 0.941 bits per heavy atom. The Bertz CT molecular complexity index is 1140. The third-order valence-corrected chi connectivity index (χ3v) is 8.99. The molecule has 20 atom stereocenters. The number of ether oxygens (including phenoxy) is 7. The first-order valence-corrected chi connectivity index (χ1v) is 16.1. The van der Waals surface area contributed by atoms with E-state index in [1.807, 2.05) is 0 Å². The summed E-state index contributed by atoms with van der Waals surface area (Å²) in [7, 11) is 0. The normalized spacial score (nSPS) is 47.8. The Balaban J connectivity index is 1.50. The summed E-state index contributed by atoms with van der Waals surface area (Å²) in [6, 6.07) is -3.02. The van der Waals surface area contributed by atoms with Crippen LogP contribution in [-0.2, 0) is 42.7 Å². The van der Waals surface area contributed by atoms with E-state index < -0.39 is 161 Å². The average molecular weight is 749 g/mol. The van der Waals surface area contributed by atoms with E-state index in [9.17, 15) is 70.9 Å². The van der Waals surface area contributed by atoms with Crippen LogP contribution in [0.4, 0.5) is 0 Å². The lowest BCUT2D eigenvalue weighted by atomic mass is 9.94. The van der Waals surface area contributed by atoms with Gasteiger partial charge >= 0.3 is 0 Å². The molecule has 23 nitrogen and oxygen atoms in total. The van der Waals surface area contributed by atoms with Crippen LogP contribution in [0.2, 0.25) is 0 Å². The monoisotopic (exact) mass is 748 g/mol. The predicted molar refractivity (Wildman–Crippen MR) is 157 cm³/mol. The number of amides is 2. The maximum absolute atomic E-state index is 12.2. The summed E-state index contributed by atoms with van der Waals surface area (Å²) in [5, 5.41) is 129. The third kappa shape index (κ3) is 9.29. The van der Waals surface area contributed by atoms with Crippen molar-refractivity contribution in [2.45, 2.75) is 137 Å². The Labute approximate surface area is 289 Å². The summed E-state index contributed by atoms with van der Waals surface area (Å²) in [5.41, 5.74) is 0. The number of aliphatic hydroxyl groups excluding tert-OH is 12. The van der Waals surface area contributed by atoms with Crippen molar-refractivity contribution in [3.63, 3.8) is 0 Å². The highest BCUT2D eigenvalue weighted by atomic mass is 16.8. The van der Waals surface area contributed by atoms with E-state index in [0.29, 0.717) is 0 Å². The summed E-state index contributed by atoms with van der Waals surface area (Å²) >= 11 is 0. The summed E-state index contributed by atoms with van der Waals surface area (Å²) in [6.07, 6.45) is -30.9. The number of aliphatic hydroxyl groups is 12. The number of rotatable bonds is 12. The van der Waals surface area contributed by atoms with E-state index in [4.69, 9.17) is 33.2 Å². The lowest BCUT2D eigenvalue weighted by molar-refractivity contribution is -0.365. The van der Waals surface area contributed by atoms with Gasteiger partial charge in [0.2, 0.25) is 11.8 Å². The Kier molecular flexibility index (Phi) is 14.8. The molecule has 296 valence electrons. The molecule has 0 aliphatic carbocycles. The van der Waals surface area contributed by atoms with Gasteiger partial charge in [-0.15, -0.1) is 0 Å². The second-order valence-corrected chi connectivity index (χ2v) is 12.7. The SMILES string of the molecule is CC(=O)N[C@H]1[C@H](O[C@H]2[C@H](O)[C@@H](NC(C)=O)C(O)O[C@@H]2CO)O[C@H](CO)[C@@H](OC2O[C@H](CO[C@H]3O[C@H](CO)[C@@H](O)[C@H](O)[C@@H]3O)[C@@H](O)[C@H](O)[C@@H]2O)[C@@H]1O. The molecule has 0 radical (unpaired) electrons. The lowest BCUT2D eigenvalue weighted by Gasteiger charge is -2.49. The van der Waals surface area contributed by atoms with Crippen molar-refractivity contribution in [2.75, 3.05) is 26.4 Å². The molecule has 4 saturated heterocycles. The zero-order chi connectivity index (χ0) is 37.9. The smallest absolute Gasteiger partial charge is 0.217 e. The van der Waals surface area contributed by atoms with Crippen molar-refractivity contribution in [1.82, 2.24) is 10.6 Å². The zero-order valence-corrected chi connectivity index (χ0v) is 27.4. The molecule has 0 aromatic heterocycles. The Hall–Kier alpha value is -1.82. The fourth-order valence-electron chi connectivity index (χ4n) is 6.25. The van der Waals surface area contributed by atoms with Crippen molar-refractivity contribution in [3.05, 3.63) is 0 Å². The van der Waals surface area contributed by atoms with Gasteiger partial charge < -0.3 is 105 Å². The van der Waals surface area contributed by atoms with Crippen LogP contribution in [-0.4, -0.2) is 222 Å². The fourth-order valence-corrected chi connectivity index (χ4v) is 6.25. The Morgan fingerprint density at radius 3 is 1.49 bits per heavy atom. The van der Waals surface area contributed by atoms with Gasteiger partial charge in [-0.3, -0.25) is 9.59 Å². The van der Waals surface area contributed by atoms with Crippen LogP contribution in [0, 0.1) is 0 Å². The minimum atomic E-state index is -2.00. The van der Waals surface area contributed by atoms with E-state index in [0.717, 1.165) is 13.8 Å². The molecule has 0 aromatic rings. The van der Waals surface area contributed by atoms with Crippen molar-refractivity contribution < 1.29 is 104 Å². The zero-order valence-electron chi connectivity index (χ0n) is 27.4. The van der Waals surface area contributed by atoms with E-state index in [2.05, 4.69) is 10.6 Å². The molecule has 4 fully saturated rings. The number of hydrogen-bond donors (Lipinski definition) is 14. The average Bonchev–Trinajstić information content (AvgIpc) is 3.09. The molecule has 0 bridgehead atoms. The highest BCUT2D eigenvalue weighted by molar-refractivity contribution is 5.73. The molecule has 0 aromatic carbocycles. The van der Waals surface area contributed by atoms with Crippen molar-refractivity contribution in [2.24, 2.45) is 0 Å². The summed E-state index contributed by atoms with van der Waals surface area (Å²) < 4.78 is 38.9. The fraction of sp³-hybridized carbons (Fsp3) is 0.929. The standard InChI is InChI=1S/C28H48N2O21/c1-7(34)29-13-17(38)23(10(4-32)46-25(13)44)50-26-14(30-8(2)35)18(39)24(11(5-33)48-26)51-28-22(43)20(41)16(37)12(49-28)6-45-27-21(42)19(40)15(36)9(3-31)47-27/h9-28,31-33,36-44H,3-6H2,1-2H3,(H,29,34)(H,30,35)/t9-,10-,11-,12-,13-,14-,15-,16-,17-,18-,19+,20+,21+,22+,23-,24-,25?,26+,27+,28?/m1/s1. The van der Waals surface area contributed by atoms with E-state index >= 15 is 0 Å². The first kappa shape index (κ1) is 41.9. The summed E-state index contributed by atoms with van der Waals surface area (Å²) in [4.78, 5) is 23.9. The number of nitrogens with one attached hydrogen (secondary N) is 2. The number of hydrogen-bond acceptors (Lipinski definition) is 21. The van der Waals surface area contributed by atoms with Gasteiger partial charge in [-0.1, -0.05) is 0 Å². The molecule has 14 N–H and O–H groups in total. The maximum atomic E-state index is 12.2. The van der Waals surface area contributed by atoms with Gasteiger partial charge in [0.25, 0.3) is 0 Å². The van der Waals surface area contributed by atoms with Crippen LogP contribution in [0.1, 0.15) is 13.8 Å². The summed E-state index contributed by atoms with van der Waals surface area (Å²) in [6.45, 7) is -0.998. The van der Waals surface area contributed by atoms with Gasteiger partial charge in [-0.25, -0.2) is 0 Å². The van der Waals surface area contributed by atoms with Crippen molar-refractivity contribution in [3.8, 4) is 0 Å². The Morgan fingerprint density at radius 1 is 0.510 bits per heavy atom. The van der Waals surface area contributed by atoms with Gasteiger partial charge in [-0.2, -0.15) is 0 Å². The number of carbonyl (C=O) groups is 2. The van der Waals surface area contributed by atoms with Crippen LogP contribution in [0.5, 0.6) is 0 Å². The van der Waals surface area contributed by atoms with Gasteiger partial charge in [0.1, 0.15) is 97.5 Å². The molecule has 4 rings (SSSR count). The molecular weight excluding hydrogens is 700 g/mol. The molecule has 23 heteroatoms. The first-order valence-electron chi connectivity index (χ1n) is 16.1. The van der Waals surface area contributed by atoms with Crippen LogP contribution in [0.3, 0.4) is 0 Å². The second-order valence-electron chi connectivity index (χ2n) is 12.7. The quantitative estimate of drug-likeness (QED) is 0.0881. The molecule has 4 heterocycles. The maximum Gasteiger partial charge on any atom is 0.217 e. The van der Waals surface area contributed by atoms with Gasteiger partial charge in [0, 0.05) is 13.8 Å². The predicted octanol–water partition coefficient (Wildman–Crippen LogP) is -9.46. The minimum absolute atomic E-state index is 0.656. The molecular formula is C28H48N2O21. The topological polar surface area (TPSA) is 366 Å². The van der Waals surface area contributed by atoms with E-state index in [1.165, 1.54) is 0 Å². The highest BCUT2D eigenvalue weighted by Crippen LogP contribution is 2.33. The van der Waals surface area contributed by atoms with Crippen LogP contribution in [0.25, 0.3) is 0 Å². The van der Waals surface area contributed by atoms with E-state index in [1.54, 1.807) is 0 Å².